The van der Waals surface area contributed by atoms with Crippen molar-refractivity contribution in [3.05, 3.63) is 46.6 Å². The maximum Gasteiger partial charge on any atom is 0.416 e. The lowest BCUT2D eigenvalue weighted by atomic mass is 9.92. The average Bonchev–Trinajstić information content (AvgIpc) is 2.52. The van der Waals surface area contributed by atoms with Crippen molar-refractivity contribution in [2.45, 2.75) is 45.2 Å². The molecule has 2 aromatic rings. The summed E-state index contributed by atoms with van der Waals surface area (Å²) in [6.45, 7) is 3.94. The van der Waals surface area contributed by atoms with Crippen LogP contribution in [0.3, 0.4) is 0 Å². The topological polar surface area (TPSA) is 77.8 Å². The highest BCUT2D eigenvalue weighted by Crippen LogP contribution is 2.31. The van der Waals surface area contributed by atoms with E-state index in [0.717, 1.165) is 35.4 Å². The number of aryl methyl sites for hydroxylation is 1. The lowest BCUT2D eigenvalue weighted by molar-refractivity contribution is -0.137. The minimum absolute atomic E-state index is 0.0916. The fraction of sp³-hybridized carbons (Fsp3) is 0.412. The maximum atomic E-state index is 12.6. The summed E-state index contributed by atoms with van der Waals surface area (Å²) in [7, 11) is 0. The standard InChI is InChI=1S/C17H21F3N4/c1-3-14-13(15(21)24-16(22)23-14)9-4-10(2)11-5-7-12(8-6-11)17(18,19)20/h5-8,10H,3-4,9H2,1-2H3,(H4,21,22,23,24). The Bertz CT molecular complexity index is 696. The molecule has 0 radical (unpaired) electrons. The van der Waals surface area contributed by atoms with Crippen LogP contribution in [0.5, 0.6) is 0 Å². The molecule has 0 fully saturated rings. The smallest absolute Gasteiger partial charge is 0.383 e. The fourth-order valence-corrected chi connectivity index (χ4v) is 2.66. The second kappa shape index (κ2) is 7.07. The van der Waals surface area contributed by atoms with Gasteiger partial charge in [-0.2, -0.15) is 18.2 Å². The minimum Gasteiger partial charge on any atom is -0.383 e. The molecule has 1 atom stereocenters. The number of rotatable bonds is 5. The molecule has 1 heterocycles. The molecule has 1 aromatic heterocycles. The summed E-state index contributed by atoms with van der Waals surface area (Å²) < 4.78 is 37.8. The largest absolute Gasteiger partial charge is 0.416 e. The van der Waals surface area contributed by atoms with Gasteiger partial charge in [0.05, 0.1) is 11.3 Å². The quantitative estimate of drug-likeness (QED) is 0.865. The second-order valence-electron chi connectivity index (χ2n) is 5.81. The minimum atomic E-state index is -4.31. The van der Waals surface area contributed by atoms with Crippen molar-refractivity contribution in [3.63, 3.8) is 0 Å². The van der Waals surface area contributed by atoms with E-state index in [2.05, 4.69) is 9.97 Å². The highest BCUT2D eigenvalue weighted by atomic mass is 19.4. The van der Waals surface area contributed by atoms with Crippen molar-refractivity contribution >= 4 is 11.8 Å². The lowest BCUT2D eigenvalue weighted by Crippen LogP contribution is -2.10. The van der Waals surface area contributed by atoms with Crippen LogP contribution in [-0.4, -0.2) is 9.97 Å². The Morgan fingerprint density at radius 2 is 1.71 bits per heavy atom. The highest BCUT2D eigenvalue weighted by Gasteiger charge is 2.30. The first-order valence-electron chi connectivity index (χ1n) is 7.80. The Morgan fingerprint density at radius 3 is 2.25 bits per heavy atom. The molecule has 130 valence electrons. The van der Waals surface area contributed by atoms with Gasteiger partial charge in [0.1, 0.15) is 5.82 Å². The average molecular weight is 338 g/mol. The van der Waals surface area contributed by atoms with Gasteiger partial charge in [-0.05, 0) is 42.9 Å². The Labute approximate surface area is 139 Å². The molecule has 24 heavy (non-hydrogen) atoms. The fourth-order valence-electron chi connectivity index (χ4n) is 2.66. The predicted molar refractivity (Wildman–Crippen MR) is 88.4 cm³/mol. The van der Waals surface area contributed by atoms with Gasteiger partial charge in [0.15, 0.2) is 0 Å². The lowest BCUT2D eigenvalue weighted by Gasteiger charge is -2.15. The summed E-state index contributed by atoms with van der Waals surface area (Å²) in [5.41, 5.74) is 13.4. The molecule has 0 amide bonds. The zero-order valence-electron chi connectivity index (χ0n) is 13.7. The first-order valence-corrected chi connectivity index (χ1v) is 7.80. The number of nitrogens with two attached hydrogens (primary N) is 2. The van der Waals surface area contributed by atoms with Crippen LogP contribution >= 0.6 is 0 Å². The number of aromatic nitrogens is 2. The Balaban J connectivity index is 2.10. The number of hydrogen-bond acceptors (Lipinski definition) is 4. The van der Waals surface area contributed by atoms with Gasteiger partial charge in [0.25, 0.3) is 0 Å². The molecular weight excluding hydrogens is 317 g/mol. The van der Waals surface area contributed by atoms with Crippen molar-refractivity contribution in [3.8, 4) is 0 Å². The van der Waals surface area contributed by atoms with Crippen molar-refractivity contribution in [1.29, 1.82) is 0 Å². The monoisotopic (exact) mass is 338 g/mol. The Hall–Kier alpha value is -2.31. The van der Waals surface area contributed by atoms with Crippen LogP contribution in [0.15, 0.2) is 24.3 Å². The molecule has 4 nitrogen and oxygen atoms in total. The first-order chi connectivity index (χ1) is 11.2. The third-order valence-corrected chi connectivity index (χ3v) is 4.11. The predicted octanol–water partition coefficient (Wildman–Crippen LogP) is 3.96. The van der Waals surface area contributed by atoms with Crippen molar-refractivity contribution < 1.29 is 13.2 Å². The number of halogens is 3. The van der Waals surface area contributed by atoms with Crippen LogP contribution in [0.4, 0.5) is 24.9 Å². The molecule has 1 unspecified atom stereocenters. The molecule has 2 rings (SSSR count). The zero-order valence-corrected chi connectivity index (χ0v) is 13.7. The van der Waals surface area contributed by atoms with Gasteiger partial charge in [-0.15, -0.1) is 0 Å². The Morgan fingerprint density at radius 1 is 1.08 bits per heavy atom. The van der Waals surface area contributed by atoms with E-state index in [-0.39, 0.29) is 11.9 Å². The molecule has 0 aliphatic heterocycles. The van der Waals surface area contributed by atoms with E-state index in [9.17, 15) is 13.2 Å². The molecule has 0 saturated carbocycles. The summed E-state index contributed by atoms with van der Waals surface area (Å²) in [5, 5.41) is 0. The van der Waals surface area contributed by atoms with Gasteiger partial charge < -0.3 is 11.5 Å². The van der Waals surface area contributed by atoms with Crippen LogP contribution in [0.25, 0.3) is 0 Å². The molecule has 0 aliphatic carbocycles. The second-order valence-corrected chi connectivity index (χ2v) is 5.81. The van der Waals surface area contributed by atoms with Gasteiger partial charge in [-0.25, -0.2) is 4.98 Å². The van der Waals surface area contributed by atoms with Gasteiger partial charge in [0.2, 0.25) is 5.95 Å². The van der Waals surface area contributed by atoms with Gasteiger partial charge in [-0.1, -0.05) is 26.0 Å². The SMILES string of the molecule is CCc1nc(N)nc(N)c1CCC(C)c1ccc(C(F)(F)F)cc1. The molecule has 1 aromatic carbocycles. The van der Waals surface area contributed by atoms with Crippen LogP contribution < -0.4 is 11.5 Å². The third-order valence-electron chi connectivity index (χ3n) is 4.11. The number of nitrogens with zero attached hydrogens (tertiary/aromatic N) is 2. The Kier molecular flexibility index (Phi) is 5.31. The van der Waals surface area contributed by atoms with E-state index in [1.54, 1.807) is 0 Å². The number of nitrogen functional groups attached to an aromatic ring is 2. The van der Waals surface area contributed by atoms with Gasteiger partial charge >= 0.3 is 6.18 Å². The van der Waals surface area contributed by atoms with Crippen LogP contribution in [0.1, 0.15) is 48.6 Å². The maximum absolute atomic E-state index is 12.6. The number of anilines is 2. The van der Waals surface area contributed by atoms with Crippen molar-refractivity contribution in [2.75, 3.05) is 11.5 Å². The van der Waals surface area contributed by atoms with Crippen molar-refractivity contribution in [2.24, 2.45) is 0 Å². The van der Waals surface area contributed by atoms with Crippen LogP contribution in [0, 0.1) is 0 Å². The summed E-state index contributed by atoms with van der Waals surface area (Å²) in [4.78, 5) is 8.19. The summed E-state index contributed by atoms with van der Waals surface area (Å²) >= 11 is 0. The molecular formula is C17H21F3N4. The van der Waals surface area contributed by atoms with Crippen molar-refractivity contribution in [1.82, 2.24) is 9.97 Å². The molecule has 4 N–H and O–H groups in total. The number of alkyl halides is 3. The van der Waals surface area contributed by atoms with E-state index in [4.69, 9.17) is 11.5 Å². The van der Waals surface area contributed by atoms with E-state index in [0.29, 0.717) is 18.7 Å². The van der Waals surface area contributed by atoms with Crippen LogP contribution in [-0.2, 0) is 19.0 Å². The molecule has 0 spiro atoms. The zero-order chi connectivity index (χ0) is 17.9. The molecule has 0 saturated heterocycles. The normalized spacial score (nSPS) is 13.0. The summed E-state index contributed by atoms with van der Waals surface area (Å²) in [6, 6.07) is 5.28. The van der Waals surface area contributed by atoms with Crippen LogP contribution in [0.2, 0.25) is 0 Å². The first kappa shape index (κ1) is 18.0. The van der Waals surface area contributed by atoms with Gasteiger partial charge in [-0.3, -0.25) is 0 Å². The number of hydrogen-bond donors (Lipinski definition) is 2. The molecule has 0 aliphatic rings. The summed E-state index contributed by atoms with van der Waals surface area (Å²) in [6.07, 6.45) is -2.23. The van der Waals surface area contributed by atoms with Gasteiger partial charge in [0, 0.05) is 5.56 Å². The molecule has 0 bridgehead atoms. The van der Waals surface area contributed by atoms with E-state index < -0.39 is 11.7 Å². The van der Waals surface area contributed by atoms with E-state index in [1.807, 2.05) is 13.8 Å². The third kappa shape index (κ3) is 4.15. The van der Waals surface area contributed by atoms with E-state index in [1.165, 1.54) is 12.1 Å². The number of benzene rings is 1. The molecule has 7 heteroatoms. The highest BCUT2D eigenvalue weighted by molar-refractivity contribution is 5.46. The van der Waals surface area contributed by atoms with E-state index >= 15 is 0 Å². The summed E-state index contributed by atoms with van der Waals surface area (Å²) in [5.74, 6) is 0.622.